The summed E-state index contributed by atoms with van der Waals surface area (Å²) in [4.78, 5) is 39.9. The topological polar surface area (TPSA) is 76.2 Å². The van der Waals surface area contributed by atoms with Crippen LogP contribution in [-0.4, -0.2) is 91.9 Å². The molecule has 1 aliphatic heterocycles. The van der Waals surface area contributed by atoms with Gasteiger partial charge in [-0.25, -0.2) is 4.79 Å². The summed E-state index contributed by atoms with van der Waals surface area (Å²) >= 11 is 0. The molecule has 2 unspecified atom stereocenters. The molecule has 0 radical (unpaired) electrons. The third kappa shape index (κ3) is 17.4. The maximum Gasteiger partial charge on any atom is 0.329 e. The molecular weight excluding hydrogens is 530 g/mol. The van der Waals surface area contributed by atoms with Crippen LogP contribution in [0.25, 0.3) is 0 Å². The number of hydrogen-bond acceptors (Lipinski definition) is 5. The van der Waals surface area contributed by atoms with Crippen molar-refractivity contribution in [1.29, 1.82) is 0 Å². The lowest BCUT2D eigenvalue weighted by Gasteiger charge is -2.29. The highest BCUT2D eigenvalue weighted by Crippen LogP contribution is 2.19. The third-order valence-electron chi connectivity index (χ3n) is 7.46. The zero-order valence-electron chi connectivity index (χ0n) is 26.6. The van der Waals surface area contributed by atoms with Crippen molar-refractivity contribution in [2.45, 2.75) is 136 Å². The lowest BCUT2D eigenvalue weighted by molar-refractivity contribution is -0.869. The van der Waals surface area contributed by atoms with Gasteiger partial charge < -0.3 is 26.4 Å². The van der Waals surface area contributed by atoms with Gasteiger partial charge in [-0.05, 0) is 19.3 Å². The van der Waals surface area contributed by atoms with Gasteiger partial charge in [0.25, 0.3) is 5.91 Å². The van der Waals surface area contributed by atoms with Crippen molar-refractivity contribution in [3.8, 4) is 0 Å². The summed E-state index contributed by atoms with van der Waals surface area (Å²) in [6, 6.07) is -0.295. The van der Waals surface area contributed by atoms with E-state index in [1.165, 1.54) is 93.8 Å². The van der Waals surface area contributed by atoms with Gasteiger partial charge in [0, 0.05) is 6.92 Å². The molecule has 0 spiro atoms. The summed E-state index contributed by atoms with van der Waals surface area (Å²) in [6.07, 6.45) is 18.7. The highest BCUT2D eigenvalue weighted by atomic mass is 35.5. The van der Waals surface area contributed by atoms with Gasteiger partial charge in [-0.2, -0.15) is 0 Å². The van der Waals surface area contributed by atoms with E-state index in [1.807, 2.05) is 28.1 Å². The summed E-state index contributed by atoms with van der Waals surface area (Å²) in [6.45, 7) is 6.97. The molecule has 0 aromatic heterocycles. The summed E-state index contributed by atoms with van der Waals surface area (Å²) in [5, 5.41) is 0. The number of unbranched alkanes of at least 4 members (excludes halogenated alkanes) is 13. The average Bonchev–Trinajstić information content (AvgIpc) is 3.15. The van der Waals surface area contributed by atoms with Gasteiger partial charge in [-0.1, -0.05) is 97.3 Å². The van der Waals surface area contributed by atoms with Crippen molar-refractivity contribution in [3.05, 3.63) is 0 Å². The maximum absolute atomic E-state index is 12.9. The Morgan fingerprint density at radius 1 is 0.850 bits per heavy atom. The standard InChI is InChI=1S/C31H60N3O5.ClH/c1-7-9-10-11-12-13-14-15-16-17-18-19-20-21-22-28(39-27(3)35)26-38-30(8-2)33-25-29(36)32(31(33)37)23-24-34(4,5)6;/h28,30H,7-26H2,1-6H3;1H/q+1;/p-1. The van der Waals surface area contributed by atoms with Crippen molar-refractivity contribution in [2.75, 3.05) is 47.4 Å². The number of nitrogens with zero attached hydrogens (tertiary/aromatic N) is 3. The molecule has 1 saturated heterocycles. The number of carbonyl (C=O) groups excluding carboxylic acids is 3. The first-order valence-electron chi connectivity index (χ1n) is 15.8. The molecule has 1 aliphatic rings. The zero-order valence-corrected chi connectivity index (χ0v) is 27.3. The smallest absolute Gasteiger partial charge is 0.329 e. The number of quaternary nitrogens is 1. The van der Waals surface area contributed by atoms with Crippen molar-refractivity contribution >= 4 is 17.9 Å². The number of hydrogen-bond donors (Lipinski definition) is 0. The van der Waals surface area contributed by atoms with Gasteiger partial charge in [-0.3, -0.25) is 19.4 Å². The summed E-state index contributed by atoms with van der Waals surface area (Å²) in [5.41, 5.74) is 0. The Hall–Kier alpha value is -1.38. The van der Waals surface area contributed by atoms with Gasteiger partial charge in [0.15, 0.2) is 0 Å². The highest BCUT2D eigenvalue weighted by molar-refractivity contribution is 6.02. The van der Waals surface area contributed by atoms with Crippen LogP contribution in [0.3, 0.4) is 0 Å². The minimum Gasteiger partial charge on any atom is -1.00 e. The predicted molar refractivity (Wildman–Crippen MR) is 157 cm³/mol. The Balaban J connectivity index is 0.0000152. The van der Waals surface area contributed by atoms with E-state index in [0.29, 0.717) is 24.0 Å². The molecule has 1 rings (SSSR count). The molecule has 0 N–H and O–H groups in total. The Bertz CT molecular complexity index is 701. The fourth-order valence-corrected chi connectivity index (χ4v) is 5.03. The van der Waals surface area contributed by atoms with Gasteiger partial charge >= 0.3 is 12.0 Å². The van der Waals surface area contributed by atoms with E-state index in [1.54, 1.807) is 0 Å². The van der Waals surface area contributed by atoms with Crippen LogP contribution < -0.4 is 12.4 Å². The molecule has 3 amide bonds. The number of urea groups is 1. The normalized spacial score (nSPS) is 15.3. The van der Waals surface area contributed by atoms with Crippen molar-refractivity contribution in [2.24, 2.45) is 0 Å². The van der Waals surface area contributed by atoms with Gasteiger partial charge in [0.05, 0.1) is 40.8 Å². The molecule has 9 heteroatoms. The number of ether oxygens (including phenoxy) is 2. The first kappa shape index (κ1) is 38.6. The molecule has 0 bridgehead atoms. The monoisotopic (exact) mass is 589 g/mol. The first-order chi connectivity index (χ1) is 18.6. The molecule has 236 valence electrons. The Kier molecular flexibility index (Phi) is 21.5. The van der Waals surface area contributed by atoms with Crippen molar-refractivity contribution < 1.29 is 40.7 Å². The largest absolute Gasteiger partial charge is 1.00 e. The Morgan fingerprint density at radius 2 is 1.35 bits per heavy atom. The molecule has 0 aromatic carbocycles. The van der Waals surface area contributed by atoms with Crippen LogP contribution in [-0.2, 0) is 19.1 Å². The van der Waals surface area contributed by atoms with Crippen molar-refractivity contribution in [1.82, 2.24) is 9.80 Å². The van der Waals surface area contributed by atoms with E-state index in [4.69, 9.17) is 9.47 Å². The van der Waals surface area contributed by atoms with E-state index in [9.17, 15) is 14.4 Å². The zero-order chi connectivity index (χ0) is 29.1. The molecule has 0 aromatic rings. The summed E-state index contributed by atoms with van der Waals surface area (Å²) < 4.78 is 12.3. The van der Waals surface area contributed by atoms with E-state index >= 15 is 0 Å². The minimum absolute atomic E-state index is 0. The van der Waals surface area contributed by atoms with E-state index in [0.717, 1.165) is 19.3 Å². The van der Waals surface area contributed by atoms with Gasteiger partial charge in [0.2, 0.25) is 0 Å². The molecule has 2 atom stereocenters. The average molecular weight is 590 g/mol. The van der Waals surface area contributed by atoms with Crippen LogP contribution in [0.2, 0.25) is 0 Å². The quantitative estimate of drug-likeness (QED) is 0.0745. The van der Waals surface area contributed by atoms with Crippen LogP contribution in [0.4, 0.5) is 4.79 Å². The highest BCUT2D eigenvalue weighted by Gasteiger charge is 2.40. The molecule has 1 heterocycles. The number of halogens is 1. The second-order valence-electron chi connectivity index (χ2n) is 12.3. The number of amides is 3. The SMILES string of the molecule is CCCCCCCCCCCCCCCCC(COC(CC)N1CC(=O)N(CC[N+](C)(C)C)C1=O)OC(C)=O.[Cl-]. The number of esters is 1. The number of imide groups is 1. The van der Waals surface area contributed by atoms with Crippen LogP contribution in [0, 0.1) is 0 Å². The summed E-state index contributed by atoms with van der Waals surface area (Å²) in [5.74, 6) is -0.504. The third-order valence-corrected chi connectivity index (χ3v) is 7.46. The Morgan fingerprint density at radius 3 is 1.80 bits per heavy atom. The molecule has 40 heavy (non-hydrogen) atoms. The van der Waals surface area contributed by atoms with Gasteiger partial charge in [0.1, 0.15) is 18.9 Å². The lowest BCUT2D eigenvalue weighted by atomic mass is 10.0. The van der Waals surface area contributed by atoms with E-state index in [2.05, 4.69) is 6.92 Å². The molecule has 8 nitrogen and oxygen atoms in total. The Labute approximate surface area is 251 Å². The van der Waals surface area contributed by atoms with Crippen molar-refractivity contribution in [3.63, 3.8) is 0 Å². The predicted octanol–water partition coefficient (Wildman–Crippen LogP) is 3.52. The van der Waals surface area contributed by atoms with Crippen LogP contribution in [0.1, 0.15) is 124 Å². The number of rotatable bonds is 24. The minimum atomic E-state index is -0.509. The van der Waals surface area contributed by atoms with Crippen LogP contribution in [0.15, 0.2) is 0 Å². The van der Waals surface area contributed by atoms with E-state index < -0.39 is 6.23 Å². The first-order valence-corrected chi connectivity index (χ1v) is 15.8. The molecule has 1 fully saturated rings. The van der Waals surface area contributed by atoms with E-state index in [-0.39, 0.29) is 49.6 Å². The second-order valence-corrected chi connectivity index (χ2v) is 12.3. The molecular formula is C31H60ClN3O5. The second kappa shape index (κ2) is 22.2. The fraction of sp³-hybridized carbons (Fsp3) is 0.903. The number of carbonyl (C=O) groups is 3. The lowest BCUT2D eigenvalue weighted by Crippen LogP contribution is -3.00. The number of likely N-dealkylation sites (N-methyl/N-ethyl adjacent to an activating group) is 1. The van der Waals surface area contributed by atoms with Crippen LogP contribution in [0.5, 0.6) is 0 Å². The van der Waals surface area contributed by atoms with Crippen LogP contribution >= 0.6 is 0 Å². The molecule has 0 aliphatic carbocycles. The van der Waals surface area contributed by atoms with Gasteiger partial charge in [-0.15, -0.1) is 0 Å². The maximum atomic E-state index is 12.9. The molecule has 0 saturated carbocycles. The summed E-state index contributed by atoms with van der Waals surface area (Å²) in [7, 11) is 6.11. The fourth-order valence-electron chi connectivity index (χ4n) is 5.03.